The smallest absolute Gasteiger partial charge is 0.251 e. The van der Waals surface area contributed by atoms with Gasteiger partial charge in [-0.1, -0.05) is 13.8 Å². The minimum Gasteiger partial charge on any atom is -0.383 e. The Balaban J connectivity index is 2.59. The minimum absolute atomic E-state index is 0.0493. The van der Waals surface area contributed by atoms with Crippen LogP contribution in [0.15, 0.2) is 24.3 Å². The number of rotatable bonds is 5. The van der Waals surface area contributed by atoms with E-state index in [-0.39, 0.29) is 5.91 Å². The zero-order chi connectivity index (χ0) is 12.8. The summed E-state index contributed by atoms with van der Waals surface area (Å²) in [4.78, 5) is 11.4. The monoisotopic (exact) mass is 234 g/mol. The summed E-state index contributed by atoms with van der Waals surface area (Å²) in [5.41, 5.74) is 1.75. The number of benzene rings is 1. The van der Waals surface area contributed by atoms with E-state index in [2.05, 4.69) is 31.4 Å². The first-order valence-corrected chi connectivity index (χ1v) is 6.11. The van der Waals surface area contributed by atoms with Gasteiger partial charge in [0.1, 0.15) is 0 Å². The molecule has 0 aliphatic carbocycles. The van der Waals surface area contributed by atoms with Gasteiger partial charge in [0.2, 0.25) is 0 Å². The fraction of sp³-hybridized carbons (Fsp3) is 0.500. The minimum atomic E-state index is -0.0493. The molecule has 0 spiro atoms. The average Bonchev–Trinajstić information content (AvgIpc) is 2.28. The molecule has 1 atom stereocenters. The van der Waals surface area contributed by atoms with Crippen molar-refractivity contribution >= 4 is 11.6 Å². The number of hydrogen-bond donors (Lipinski definition) is 2. The van der Waals surface area contributed by atoms with Crippen molar-refractivity contribution in [2.45, 2.75) is 33.2 Å². The van der Waals surface area contributed by atoms with Gasteiger partial charge in [0.25, 0.3) is 5.91 Å². The fourth-order valence-electron chi connectivity index (χ4n) is 1.91. The Kier molecular flexibility index (Phi) is 5.01. The van der Waals surface area contributed by atoms with Crippen LogP contribution in [0.5, 0.6) is 0 Å². The van der Waals surface area contributed by atoms with E-state index in [0.717, 1.165) is 12.1 Å². The van der Waals surface area contributed by atoms with Crippen LogP contribution in [0.2, 0.25) is 0 Å². The molecule has 1 rings (SSSR count). The Labute approximate surface area is 104 Å². The second-order valence-corrected chi connectivity index (χ2v) is 4.83. The molecule has 1 aromatic carbocycles. The molecule has 3 nitrogen and oxygen atoms in total. The lowest BCUT2D eigenvalue weighted by atomic mass is 10.0. The molecule has 1 aromatic rings. The highest BCUT2D eigenvalue weighted by Crippen LogP contribution is 2.14. The molecule has 0 saturated heterocycles. The maximum Gasteiger partial charge on any atom is 0.251 e. The number of amides is 1. The van der Waals surface area contributed by atoms with Crippen molar-refractivity contribution in [3.8, 4) is 0 Å². The third kappa shape index (κ3) is 4.47. The maximum atomic E-state index is 11.4. The van der Waals surface area contributed by atoms with Crippen molar-refractivity contribution < 1.29 is 4.79 Å². The van der Waals surface area contributed by atoms with E-state index in [1.54, 1.807) is 7.05 Å². The van der Waals surface area contributed by atoms with Gasteiger partial charge in [-0.05, 0) is 43.5 Å². The van der Waals surface area contributed by atoms with Gasteiger partial charge in [0.05, 0.1) is 0 Å². The standard InChI is InChI=1S/C14H22N2O/c1-10(2)9-11(3)16-13-7-5-12(6-8-13)14(17)15-4/h5-8,10-11,16H,9H2,1-4H3,(H,15,17). The number of anilines is 1. The molecule has 1 amide bonds. The van der Waals surface area contributed by atoms with E-state index in [1.807, 2.05) is 24.3 Å². The number of nitrogens with one attached hydrogen (secondary N) is 2. The molecule has 0 aliphatic heterocycles. The molecule has 0 saturated carbocycles. The van der Waals surface area contributed by atoms with Crippen LogP contribution in [0.25, 0.3) is 0 Å². The van der Waals surface area contributed by atoms with E-state index in [9.17, 15) is 4.79 Å². The van der Waals surface area contributed by atoms with Crippen LogP contribution in [0.3, 0.4) is 0 Å². The normalized spacial score (nSPS) is 12.3. The summed E-state index contributed by atoms with van der Waals surface area (Å²) in [5.74, 6) is 0.634. The third-order valence-electron chi connectivity index (χ3n) is 2.61. The Morgan fingerprint density at radius 1 is 1.18 bits per heavy atom. The highest BCUT2D eigenvalue weighted by molar-refractivity contribution is 5.94. The summed E-state index contributed by atoms with van der Waals surface area (Å²) in [7, 11) is 1.64. The Hall–Kier alpha value is -1.51. The van der Waals surface area contributed by atoms with Crippen LogP contribution >= 0.6 is 0 Å². The predicted octanol–water partition coefficient (Wildman–Crippen LogP) is 2.89. The summed E-state index contributed by atoms with van der Waals surface area (Å²) in [6.45, 7) is 6.60. The van der Waals surface area contributed by atoms with Crippen molar-refractivity contribution in [3.05, 3.63) is 29.8 Å². The van der Waals surface area contributed by atoms with Crippen molar-refractivity contribution in [3.63, 3.8) is 0 Å². The summed E-state index contributed by atoms with van der Waals surface area (Å²) in [6.07, 6.45) is 1.14. The van der Waals surface area contributed by atoms with Crippen LogP contribution < -0.4 is 10.6 Å². The van der Waals surface area contributed by atoms with Crippen molar-refractivity contribution in [1.29, 1.82) is 0 Å². The van der Waals surface area contributed by atoms with Gasteiger partial charge >= 0.3 is 0 Å². The first kappa shape index (κ1) is 13.6. The average molecular weight is 234 g/mol. The molecule has 1 unspecified atom stereocenters. The quantitative estimate of drug-likeness (QED) is 0.822. The molecule has 0 aliphatic rings. The fourth-order valence-corrected chi connectivity index (χ4v) is 1.91. The van der Waals surface area contributed by atoms with E-state index in [0.29, 0.717) is 17.5 Å². The van der Waals surface area contributed by atoms with Crippen LogP contribution in [0, 0.1) is 5.92 Å². The molecular weight excluding hydrogens is 212 g/mol. The van der Waals surface area contributed by atoms with Crippen molar-refractivity contribution in [2.75, 3.05) is 12.4 Å². The van der Waals surface area contributed by atoms with Gasteiger partial charge in [-0.25, -0.2) is 0 Å². The molecular formula is C14H22N2O. The molecule has 0 heterocycles. The third-order valence-corrected chi connectivity index (χ3v) is 2.61. The largest absolute Gasteiger partial charge is 0.383 e. The predicted molar refractivity (Wildman–Crippen MR) is 72.4 cm³/mol. The zero-order valence-electron chi connectivity index (χ0n) is 11.1. The van der Waals surface area contributed by atoms with Gasteiger partial charge < -0.3 is 10.6 Å². The number of hydrogen-bond acceptors (Lipinski definition) is 2. The first-order valence-electron chi connectivity index (χ1n) is 6.11. The summed E-state index contributed by atoms with van der Waals surface area (Å²) in [5, 5.41) is 6.03. The van der Waals surface area contributed by atoms with Gasteiger partial charge in [0, 0.05) is 24.3 Å². The zero-order valence-corrected chi connectivity index (χ0v) is 11.1. The lowest BCUT2D eigenvalue weighted by Gasteiger charge is -2.17. The van der Waals surface area contributed by atoms with Gasteiger partial charge in [0.15, 0.2) is 0 Å². The van der Waals surface area contributed by atoms with Crippen molar-refractivity contribution in [2.24, 2.45) is 5.92 Å². The summed E-state index contributed by atoms with van der Waals surface area (Å²) >= 11 is 0. The Morgan fingerprint density at radius 2 is 1.76 bits per heavy atom. The summed E-state index contributed by atoms with van der Waals surface area (Å²) in [6, 6.07) is 8.01. The van der Waals surface area contributed by atoms with E-state index < -0.39 is 0 Å². The first-order chi connectivity index (χ1) is 8.02. The topological polar surface area (TPSA) is 41.1 Å². The second-order valence-electron chi connectivity index (χ2n) is 4.83. The molecule has 94 valence electrons. The van der Waals surface area contributed by atoms with E-state index >= 15 is 0 Å². The highest BCUT2D eigenvalue weighted by Gasteiger charge is 2.06. The molecule has 0 bridgehead atoms. The van der Waals surface area contributed by atoms with Crippen LogP contribution in [0.4, 0.5) is 5.69 Å². The van der Waals surface area contributed by atoms with Gasteiger partial charge in [-0.3, -0.25) is 4.79 Å². The van der Waals surface area contributed by atoms with Gasteiger partial charge in [-0.2, -0.15) is 0 Å². The van der Waals surface area contributed by atoms with Crippen LogP contribution in [-0.2, 0) is 0 Å². The number of carbonyl (C=O) groups excluding carboxylic acids is 1. The molecule has 0 fully saturated rings. The molecule has 0 aromatic heterocycles. The lowest BCUT2D eigenvalue weighted by Crippen LogP contribution is -2.19. The Morgan fingerprint density at radius 3 is 2.24 bits per heavy atom. The van der Waals surface area contributed by atoms with Crippen LogP contribution in [-0.4, -0.2) is 19.0 Å². The second kappa shape index (κ2) is 6.28. The van der Waals surface area contributed by atoms with E-state index in [1.165, 1.54) is 0 Å². The number of carbonyl (C=O) groups is 1. The molecule has 0 radical (unpaired) electrons. The lowest BCUT2D eigenvalue weighted by molar-refractivity contribution is 0.0963. The SMILES string of the molecule is CNC(=O)c1ccc(NC(C)CC(C)C)cc1. The maximum absolute atomic E-state index is 11.4. The van der Waals surface area contributed by atoms with Gasteiger partial charge in [-0.15, -0.1) is 0 Å². The molecule has 17 heavy (non-hydrogen) atoms. The highest BCUT2D eigenvalue weighted by atomic mass is 16.1. The van der Waals surface area contributed by atoms with Crippen molar-refractivity contribution in [1.82, 2.24) is 5.32 Å². The summed E-state index contributed by atoms with van der Waals surface area (Å²) < 4.78 is 0. The molecule has 3 heteroatoms. The van der Waals surface area contributed by atoms with Crippen LogP contribution in [0.1, 0.15) is 37.6 Å². The Bertz CT molecular complexity index is 357. The van der Waals surface area contributed by atoms with E-state index in [4.69, 9.17) is 0 Å². The molecule has 2 N–H and O–H groups in total.